The summed E-state index contributed by atoms with van der Waals surface area (Å²) < 4.78 is 0. The number of hydrogen-bond donors (Lipinski definition) is 2. The van der Waals surface area contributed by atoms with Crippen LogP contribution in [-0.2, 0) is 11.2 Å². The maximum absolute atomic E-state index is 12.3. The van der Waals surface area contributed by atoms with E-state index in [0.717, 1.165) is 37.4 Å². The molecule has 1 fully saturated rings. The molecular formula is C13H22N4OS. The van der Waals surface area contributed by atoms with Gasteiger partial charge in [-0.3, -0.25) is 4.79 Å². The maximum atomic E-state index is 12.3. The predicted molar refractivity (Wildman–Crippen MR) is 77.3 cm³/mol. The first-order valence-electron chi connectivity index (χ1n) is 6.84. The molecule has 0 bridgehead atoms. The maximum Gasteiger partial charge on any atom is 0.232 e. The van der Waals surface area contributed by atoms with Crippen LogP contribution >= 0.6 is 11.3 Å². The first kappa shape index (κ1) is 14.4. The first-order valence-corrected chi connectivity index (χ1v) is 7.66. The van der Waals surface area contributed by atoms with Crippen molar-refractivity contribution in [3.05, 3.63) is 5.01 Å². The van der Waals surface area contributed by atoms with Crippen LogP contribution in [0.25, 0.3) is 0 Å². The van der Waals surface area contributed by atoms with Gasteiger partial charge in [-0.25, -0.2) is 0 Å². The molecule has 0 aliphatic carbocycles. The van der Waals surface area contributed by atoms with Gasteiger partial charge in [-0.2, -0.15) is 0 Å². The van der Waals surface area contributed by atoms with Crippen molar-refractivity contribution in [2.75, 3.05) is 18.4 Å². The van der Waals surface area contributed by atoms with Gasteiger partial charge < -0.3 is 10.6 Å². The number of nitrogens with one attached hydrogen (secondary N) is 2. The van der Waals surface area contributed by atoms with Crippen LogP contribution in [0.1, 0.15) is 38.6 Å². The molecule has 6 heteroatoms. The Morgan fingerprint density at radius 3 is 2.74 bits per heavy atom. The Hall–Kier alpha value is -1.01. The molecule has 19 heavy (non-hydrogen) atoms. The van der Waals surface area contributed by atoms with Crippen LogP contribution in [0.5, 0.6) is 0 Å². The van der Waals surface area contributed by atoms with Gasteiger partial charge in [0, 0.05) is 11.8 Å². The molecule has 0 aromatic carbocycles. The van der Waals surface area contributed by atoms with Crippen LogP contribution in [0.3, 0.4) is 0 Å². The Bertz CT molecular complexity index is 438. The van der Waals surface area contributed by atoms with Gasteiger partial charge in [0.1, 0.15) is 5.01 Å². The average molecular weight is 282 g/mol. The third kappa shape index (κ3) is 3.73. The summed E-state index contributed by atoms with van der Waals surface area (Å²) >= 11 is 1.48. The molecule has 2 rings (SSSR count). The predicted octanol–water partition coefficient (Wildman–Crippen LogP) is 2.06. The van der Waals surface area contributed by atoms with Gasteiger partial charge in [-0.15, -0.1) is 10.2 Å². The van der Waals surface area contributed by atoms with E-state index in [0.29, 0.717) is 11.0 Å². The molecule has 0 saturated carbocycles. The van der Waals surface area contributed by atoms with Gasteiger partial charge in [-0.05, 0) is 31.8 Å². The van der Waals surface area contributed by atoms with E-state index >= 15 is 0 Å². The summed E-state index contributed by atoms with van der Waals surface area (Å²) in [6.07, 6.45) is 2.65. The second-order valence-corrected chi connectivity index (χ2v) is 6.93. The van der Waals surface area contributed by atoms with Crippen molar-refractivity contribution in [1.82, 2.24) is 15.5 Å². The average Bonchev–Trinajstić information content (AvgIpc) is 2.76. The summed E-state index contributed by atoms with van der Waals surface area (Å²) in [4.78, 5) is 12.3. The van der Waals surface area contributed by atoms with E-state index < -0.39 is 0 Å². The monoisotopic (exact) mass is 282 g/mol. The van der Waals surface area contributed by atoms with Crippen molar-refractivity contribution >= 4 is 22.4 Å². The molecule has 2 heterocycles. The van der Waals surface area contributed by atoms with Crippen LogP contribution in [0.2, 0.25) is 0 Å². The molecule has 1 amide bonds. The zero-order valence-electron chi connectivity index (χ0n) is 11.8. The first-order chi connectivity index (χ1) is 8.99. The minimum Gasteiger partial charge on any atom is -0.317 e. The molecular weight excluding hydrogens is 260 g/mol. The topological polar surface area (TPSA) is 66.9 Å². The molecule has 1 aromatic heterocycles. The quantitative estimate of drug-likeness (QED) is 0.887. The molecule has 1 aromatic rings. The summed E-state index contributed by atoms with van der Waals surface area (Å²) in [5.74, 6) is 0.625. The Balaban J connectivity index is 1.96. The lowest BCUT2D eigenvalue weighted by molar-refractivity contribution is -0.126. The zero-order chi connectivity index (χ0) is 13.9. The van der Waals surface area contributed by atoms with Crippen molar-refractivity contribution in [3.8, 4) is 0 Å². The van der Waals surface area contributed by atoms with E-state index in [4.69, 9.17) is 0 Å². The fourth-order valence-corrected chi connectivity index (χ4v) is 3.14. The summed E-state index contributed by atoms with van der Waals surface area (Å²) in [5.41, 5.74) is -0.283. The summed E-state index contributed by atoms with van der Waals surface area (Å²) in [6, 6.07) is 0. The molecule has 1 saturated heterocycles. The third-order valence-electron chi connectivity index (χ3n) is 3.53. The van der Waals surface area contributed by atoms with Crippen LogP contribution in [-0.4, -0.2) is 29.2 Å². The lowest BCUT2D eigenvalue weighted by Crippen LogP contribution is -2.42. The summed E-state index contributed by atoms with van der Waals surface area (Å²) in [7, 11) is 0. The van der Waals surface area contributed by atoms with Gasteiger partial charge in [0.2, 0.25) is 11.0 Å². The number of rotatable bonds is 4. The van der Waals surface area contributed by atoms with Crippen molar-refractivity contribution < 1.29 is 4.79 Å². The Labute approximate surface area is 118 Å². The zero-order valence-corrected chi connectivity index (χ0v) is 12.6. The third-order valence-corrected chi connectivity index (χ3v) is 4.39. The van der Waals surface area contributed by atoms with Gasteiger partial charge in [0.05, 0.1) is 0 Å². The van der Waals surface area contributed by atoms with Crippen molar-refractivity contribution in [2.24, 2.45) is 11.3 Å². The molecule has 2 N–H and O–H groups in total. The number of carbonyl (C=O) groups excluding carboxylic acids is 1. The van der Waals surface area contributed by atoms with E-state index in [-0.39, 0.29) is 11.3 Å². The molecule has 1 aliphatic rings. The second-order valence-electron chi connectivity index (χ2n) is 5.86. The Morgan fingerprint density at radius 1 is 1.42 bits per heavy atom. The van der Waals surface area contributed by atoms with Crippen LogP contribution in [0, 0.1) is 11.3 Å². The molecule has 1 aliphatic heterocycles. The number of nitrogens with zero attached hydrogens (tertiary/aromatic N) is 2. The Morgan fingerprint density at radius 2 is 2.11 bits per heavy atom. The lowest BCUT2D eigenvalue weighted by Gasteiger charge is -2.31. The molecule has 0 unspecified atom stereocenters. The van der Waals surface area contributed by atoms with Crippen molar-refractivity contribution in [1.29, 1.82) is 0 Å². The van der Waals surface area contributed by atoms with Crippen LogP contribution in [0.4, 0.5) is 5.13 Å². The molecule has 106 valence electrons. The van der Waals surface area contributed by atoms with E-state index in [1.807, 2.05) is 6.92 Å². The number of piperidine rings is 1. The Kier molecular flexibility index (Phi) is 4.52. The molecule has 0 radical (unpaired) electrons. The highest BCUT2D eigenvalue weighted by Crippen LogP contribution is 2.30. The number of aromatic nitrogens is 2. The standard InChI is InChI=1S/C13H22N4OS/c1-9(2)8-10-16-17-12(19-10)15-11(18)13(3)4-6-14-7-5-13/h9,14H,4-8H2,1-3H3,(H,15,17,18). The highest BCUT2D eigenvalue weighted by atomic mass is 32.1. The lowest BCUT2D eigenvalue weighted by atomic mass is 9.80. The number of amides is 1. The summed E-state index contributed by atoms with van der Waals surface area (Å²) in [6.45, 7) is 8.13. The smallest absolute Gasteiger partial charge is 0.232 e. The van der Waals surface area contributed by atoms with E-state index in [1.54, 1.807) is 0 Å². The minimum absolute atomic E-state index is 0.0706. The van der Waals surface area contributed by atoms with E-state index in [9.17, 15) is 4.79 Å². The number of anilines is 1. The normalized spacial score (nSPS) is 18.5. The second kappa shape index (κ2) is 5.96. The van der Waals surface area contributed by atoms with Crippen LogP contribution < -0.4 is 10.6 Å². The minimum atomic E-state index is -0.283. The molecule has 5 nitrogen and oxygen atoms in total. The van der Waals surface area contributed by atoms with Crippen molar-refractivity contribution in [3.63, 3.8) is 0 Å². The highest BCUT2D eigenvalue weighted by Gasteiger charge is 2.35. The largest absolute Gasteiger partial charge is 0.317 e. The fourth-order valence-electron chi connectivity index (χ4n) is 2.19. The van der Waals surface area contributed by atoms with Gasteiger partial charge >= 0.3 is 0 Å². The molecule has 0 spiro atoms. The number of hydrogen-bond acceptors (Lipinski definition) is 5. The highest BCUT2D eigenvalue weighted by molar-refractivity contribution is 7.15. The van der Waals surface area contributed by atoms with E-state index in [2.05, 4.69) is 34.7 Å². The van der Waals surface area contributed by atoms with Crippen molar-refractivity contribution in [2.45, 2.75) is 40.0 Å². The van der Waals surface area contributed by atoms with Gasteiger partial charge in [0.15, 0.2) is 0 Å². The van der Waals surface area contributed by atoms with Gasteiger partial charge in [-0.1, -0.05) is 32.1 Å². The van der Waals surface area contributed by atoms with Gasteiger partial charge in [0.25, 0.3) is 0 Å². The molecule has 0 atom stereocenters. The fraction of sp³-hybridized carbons (Fsp3) is 0.769. The van der Waals surface area contributed by atoms with E-state index in [1.165, 1.54) is 11.3 Å². The van der Waals surface area contributed by atoms with Crippen LogP contribution in [0.15, 0.2) is 0 Å². The number of carbonyl (C=O) groups is 1. The SMILES string of the molecule is CC(C)Cc1nnc(NC(=O)C2(C)CCNCC2)s1. The summed E-state index contributed by atoms with van der Waals surface area (Å²) in [5, 5.41) is 16.0.